The van der Waals surface area contributed by atoms with Crippen molar-refractivity contribution in [1.29, 1.82) is 0 Å². The quantitative estimate of drug-likeness (QED) is 0.732. The maximum Gasteiger partial charge on any atom is 0.339 e. The van der Waals surface area contributed by atoms with E-state index in [1.807, 2.05) is 6.92 Å². The number of anilines is 1. The van der Waals surface area contributed by atoms with Crippen LogP contribution in [0.15, 0.2) is 12.3 Å². The molecule has 0 aliphatic rings. The molecule has 5 heteroatoms. The molecule has 0 spiro atoms. The lowest BCUT2D eigenvalue weighted by molar-refractivity contribution is 0.0697. The number of aromatic nitrogens is 2. The normalized spacial score (nSPS) is 11.5. The molecule has 1 unspecified atom stereocenters. The smallest absolute Gasteiger partial charge is 0.339 e. The number of nitrogens with one attached hydrogen (secondary N) is 1. The molecule has 16 heavy (non-hydrogen) atoms. The Morgan fingerprint density at radius 3 is 3.06 bits per heavy atom. The maximum atomic E-state index is 10.9. The lowest BCUT2D eigenvalue weighted by Gasteiger charge is -2.13. The van der Waals surface area contributed by atoms with E-state index in [9.17, 15) is 4.79 Å². The summed E-state index contributed by atoms with van der Waals surface area (Å²) in [6.45, 7) is 2.00. The molecule has 1 rings (SSSR count). The summed E-state index contributed by atoms with van der Waals surface area (Å²) < 4.78 is 0. The van der Waals surface area contributed by atoms with E-state index in [1.54, 1.807) is 0 Å². The Hall–Kier alpha value is -2.09. The van der Waals surface area contributed by atoms with Crippen molar-refractivity contribution >= 4 is 11.8 Å². The molecule has 0 aromatic carbocycles. The number of terminal acetylenes is 1. The highest BCUT2D eigenvalue weighted by molar-refractivity contribution is 5.92. The van der Waals surface area contributed by atoms with Crippen molar-refractivity contribution in [3.63, 3.8) is 0 Å². The minimum atomic E-state index is -1.05. The number of rotatable bonds is 5. The Morgan fingerprint density at radius 1 is 1.75 bits per heavy atom. The number of nitrogens with zero attached hydrogens (tertiary/aromatic N) is 2. The van der Waals surface area contributed by atoms with Crippen molar-refractivity contribution in [2.24, 2.45) is 0 Å². The second kappa shape index (κ2) is 5.71. The van der Waals surface area contributed by atoms with Gasteiger partial charge in [-0.05, 0) is 12.5 Å². The molecule has 0 saturated carbocycles. The van der Waals surface area contributed by atoms with E-state index in [1.165, 1.54) is 12.3 Å². The van der Waals surface area contributed by atoms with Gasteiger partial charge >= 0.3 is 5.97 Å². The van der Waals surface area contributed by atoms with Gasteiger partial charge in [0.2, 0.25) is 0 Å². The van der Waals surface area contributed by atoms with Crippen molar-refractivity contribution in [1.82, 2.24) is 10.2 Å². The molecule has 2 N–H and O–H groups in total. The van der Waals surface area contributed by atoms with E-state index >= 15 is 0 Å². The summed E-state index contributed by atoms with van der Waals surface area (Å²) in [6, 6.07) is 1.16. The fourth-order valence-corrected chi connectivity index (χ4v) is 1.26. The van der Waals surface area contributed by atoms with E-state index in [0.717, 1.165) is 12.8 Å². The molecule has 0 bridgehead atoms. The number of carboxylic acid groups (broad SMARTS) is 1. The van der Waals surface area contributed by atoms with Crippen LogP contribution in [0.5, 0.6) is 0 Å². The van der Waals surface area contributed by atoms with Crippen molar-refractivity contribution in [2.45, 2.75) is 25.8 Å². The molecule has 0 aliphatic heterocycles. The highest BCUT2D eigenvalue weighted by atomic mass is 16.4. The number of carboxylic acids is 1. The van der Waals surface area contributed by atoms with Crippen molar-refractivity contribution in [2.75, 3.05) is 5.32 Å². The molecule has 1 atom stereocenters. The number of hydrogen-bond acceptors (Lipinski definition) is 4. The lowest BCUT2D eigenvalue weighted by Crippen LogP contribution is -2.20. The predicted octanol–water partition coefficient (Wildman–Crippen LogP) is 1.39. The largest absolute Gasteiger partial charge is 0.478 e. The van der Waals surface area contributed by atoms with Gasteiger partial charge in [0, 0.05) is 0 Å². The van der Waals surface area contributed by atoms with E-state index in [4.69, 9.17) is 11.5 Å². The van der Waals surface area contributed by atoms with Gasteiger partial charge in [0.1, 0.15) is 5.56 Å². The fourth-order valence-electron chi connectivity index (χ4n) is 1.26. The second-order valence-electron chi connectivity index (χ2n) is 3.25. The summed E-state index contributed by atoms with van der Waals surface area (Å²) in [7, 11) is 0. The first-order valence-corrected chi connectivity index (χ1v) is 4.96. The van der Waals surface area contributed by atoms with Crippen LogP contribution in [0.3, 0.4) is 0 Å². The third-order valence-corrected chi connectivity index (χ3v) is 2.04. The zero-order valence-electron chi connectivity index (χ0n) is 8.97. The molecular formula is C11H13N3O2. The molecule has 1 heterocycles. The highest BCUT2D eigenvalue weighted by Gasteiger charge is 2.13. The first-order chi connectivity index (χ1) is 7.69. The molecule has 0 radical (unpaired) electrons. The average molecular weight is 219 g/mol. The van der Waals surface area contributed by atoms with E-state index < -0.39 is 5.97 Å². The van der Waals surface area contributed by atoms with Crippen LogP contribution in [0.2, 0.25) is 0 Å². The Kier molecular flexibility index (Phi) is 4.28. The Labute approximate surface area is 93.9 Å². The summed E-state index contributed by atoms with van der Waals surface area (Å²) in [5.41, 5.74) is 0.0753. The van der Waals surface area contributed by atoms with Gasteiger partial charge in [-0.1, -0.05) is 19.3 Å². The molecule has 1 aromatic rings. The monoisotopic (exact) mass is 219 g/mol. The standard InChI is InChI=1S/C11H13N3O2/c1-3-5-8(4-2)13-10-9(11(15)16)6-7-12-14-10/h2,6-8H,3,5H2,1H3,(H,13,14)(H,15,16). The topological polar surface area (TPSA) is 75.1 Å². The second-order valence-corrected chi connectivity index (χ2v) is 3.25. The Morgan fingerprint density at radius 2 is 2.50 bits per heavy atom. The average Bonchev–Trinajstić information content (AvgIpc) is 2.29. The summed E-state index contributed by atoms with van der Waals surface area (Å²) in [5.74, 6) is 1.71. The van der Waals surface area contributed by atoms with E-state index in [0.29, 0.717) is 0 Å². The summed E-state index contributed by atoms with van der Waals surface area (Å²) in [5, 5.41) is 19.2. The molecule has 0 fully saturated rings. The molecule has 84 valence electrons. The lowest BCUT2D eigenvalue weighted by atomic mass is 10.1. The van der Waals surface area contributed by atoms with Gasteiger partial charge in [-0.15, -0.1) is 11.5 Å². The molecule has 0 aliphatic carbocycles. The number of carbonyl (C=O) groups is 1. The predicted molar refractivity (Wildman–Crippen MR) is 60.1 cm³/mol. The maximum absolute atomic E-state index is 10.9. The zero-order valence-corrected chi connectivity index (χ0v) is 8.97. The van der Waals surface area contributed by atoms with E-state index in [2.05, 4.69) is 21.4 Å². The van der Waals surface area contributed by atoms with Gasteiger partial charge in [0.15, 0.2) is 5.82 Å². The molecule has 0 amide bonds. The fraction of sp³-hybridized carbons (Fsp3) is 0.364. The molecule has 0 saturated heterocycles. The minimum Gasteiger partial charge on any atom is -0.478 e. The van der Waals surface area contributed by atoms with Crippen LogP contribution in [0, 0.1) is 12.3 Å². The zero-order chi connectivity index (χ0) is 12.0. The summed E-state index contributed by atoms with van der Waals surface area (Å²) in [6.07, 6.45) is 8.32. The van der Waals surface area contributed by atoms with Crippen LogP contribution >= 0.6 is 0 Å². The Bertz CT molecular complexity index is 412. The van der Waals surface area contributed by atoms with Crippen molar-refractivity contribution in [3.8, 4) is 12.3 Å². The third-order valence-electron chi connectivity index (χ3n) is 2.04. The van der Waals surface area contributed by atoms with Crippen LogP contribution < -0.4 is 5.32 Å². The molecule has 5 nitrogen and oxygen atoms in total. The van der Waals surface area contributed by atoms with Crippen LogP contribution in [0.1, 0.15) is 30.1 Å². The molecular weight excluding hydrogens is 206 g/mol. The van der Waals surface area contributed by atoms with Gasteiger partial charge in [-0.25, -0.2) is 4.79 Å². The SMILES string of the molecule is C#CC(CCC)Nc1nnccc1C(=O)O. The van der Waals surface area contributed by atoms with Gasteiger partial charge in [0.25, 0.3) is 0 Å². The number of hydrogen-bond donors (Lipinski definition) is 2. The first kappa shape index (κ1) is 12.0. The highest BCUT2D eigenvalue weighted by Crippen LogP contribution is 2.12. The van der Waals surface area contributed by atoms with Crippen LogP contribution in [0.4, 0.5) is 5.82 Å². The van der Waals surface area contributed by atoms with Crippen LogP contribution in [-0.4, -0.2) is 27.3 Å². The first-order valence-electron chi connectivity index (χ1n) is 4.96. The molecule has 1 aromatic heterocycles. The summed E-state index contributed by atoms with van der Waals surface area (Å²) in [4.78, 5) is 10.9. The van der Waals surface area contributed by atoms with Crippen LogP contribution in [0.25, 0.3) is 0 Å². The van der Waals surface area contributed by atoms with Crippen molar-refractivity contribution < 1.29 is 9.90 Å². The minimum absolute atomic E-state index is 0.0753. The summed E-state index contributed by atoms with van der Waals surface area (Å²) >= 11 is 0. The third kappa shape index (κ3) is 2.95. The van der Waals surface area contributed by atoms with Gasteiger partial charge in [-0.2, -0.15) is 5.10 Å². The number of aromatic carboxylic acids is 1. The van der Waals surface area contributed by atoms with Gasteiger partial charge < -0.3 is 10.4 Å². The van der Waals surface area contributed by atoms with Gasteiger partial charge in [-0.3, -0.25) is 0 Å². The van der Waals surface area contributed by atoms with Crippen LogP contribution in [-0.2, 0) is 0 Å². The Balaban J connectivity index is 2.88. The van der Waals surface area contributed by atoms with Gasteiger partial charge in [0.05, 0.1) is 12.2 Å². The van der Waals surface area contributed by atoms with Crippen molar-refractivity contribution in [3.05, 3.63) is 17.8 Å². The van der Waals surface area contributed by atoms with E-state index in [-0.39, 0.29) is 17.4 Å².